The minimum absolute atomic E-state index is 0.00755. The number of benzene rings is 1. The first-order valence-electron chi connectivity index (χ1n) is 4.95. The molecular formula is C10H7ClF6O2S. The normalized spacial score (nSPS) is 13.8. The zero-order valence-electron chi connectivity index (χ0n) is 9.46. The van der Waals surface area contributed by atoms with Crippen LogP contribution in [0.25, 0.3) is 0 Å². The molecule has 10 heteroatoms. The summed E-state index contributed by atoms with van der Waals surface area (Å²) >= 11 is 0. The van der Waals surface area contributed by atoms with Crippen LogP contribution >= 0.6 is 10.7 Å². The molecule has 1 aromatic carbocycles. The van der Waals surface area contributed by atoms with Crippen LogP contribution < -0.4 is 0 Å². The lowest BCUT2D eigenvalue weighted by Crippen LogP contribution is -2.34. The molecule has 0 bridgehead atoms. The van der Waals surface area contributed by atoms with Gasteiger partial charge in [0.15, 0.2) is 5.92 Å². The number of rotatable bonds is 3. The van der Waals surface area contributed by atoms with E-state index >= 15 is 0 Å². The second-order valence-electron chi connectivity index (χ2n) is 3.94. The number of halogens is 7. The Kier molecular flexibility index (Phi) is 4.65. The molecule has 0 aliphatic heterocycles. The lowest BCUT2D eigenvalue weighted by molar-refractivity contribution is -0.253. The van der Waals surface area contributed by atoms with Gasteiger partial charge < -0.3 is 0 Å². The van der Waals surface area contributed by atoms with Crippen molar-refractivity contribution in [3.05, 3.63) is 35.4 Å². The summed E-state index contributed by atoms with van der Waals surface area (Å²) < 4.78 is 96.1. The Bertz CT molecular complexity index is 547. The lowest BCUT2D eigenvalue weighted by atomic mass is 9.97. The first-order chi connectivity index (χ1) is 8.81. The van der Waals surface area contributed by atoms with Gasteiger partial charge in [0, 0.05) is 10.7 Å². The van der Waals surface area contributed by atoms with Gasteiger partial charge in [-0.15, -0.1) is 0 Å². The van der Waals surface area contributed by atoms with Crippen molar-refractivity contribution in [2.75, 3.05) is 0 Å². The lowest BCUT2D eigenvalue weighted by Gasteiger charge is -2.23. The molecule has 1 aromatic rings. The van der Waals surface area contributed by atoms with Crippen LogP contribution in [0.1, 0.15) is 17.0 Å². The van der Waals surface area contributed by atoms with E-state index in [4.69, 9.17) is 10.7 Å². The molecule has 0 aliphatic carbocycles. The zero-order valence-corrected chi connectivity index (χ0v) is 11.0. The van der Waals surface area contributed by atoms with E-state index < -0.39 is 38.6 Å². The Morgan fingerprint density at radius 3 is 1.65 bits per heavy atom. The fraction of sp³-hybridized carbons (Fsp3) is 0.400. The monoisotopic (exact) mass is 340 g/mol. The topological polar surface area (TPSA) is 34.1 Å². The molecule has 0 atom stereocenters. The average Bonchev–Trinajstić information content (AvgIpc) is 2.14. The van der Waals surface area contributed by atoms with Crippen LogP contribution in [0.2, 0.25) is 0 Å². The molecule has 0 saturated heterocycles. The van der Waals surface area contributed by atoms with Gasteiger partial charge in [-0.3, -0.25) is 0 Å². The van der Waals surface area contributed by atoms with E-state index in [2.05, 4.69) is 0 Å². The summed E-state index contributed by atoms with van der Waals surface area (Å²) in [6.07, 6.45) is -11.0. The molecule has 114 valence electrons. The minimum atomic E-state index is -5.49. The van der Waals surface area contributed by atoms with Gasteiger partial charge in [-0.05, 0) is 11.1 Å². The number of hydrogen-bond donors (Lipinski definition) is 0. The van der Waals surface area contributed by atoms with Crippen molar-refractivity contribution in [1.29, 1.82) is 0 Å². The first-order valence-corrected chi connectivity index (χ1v) is 7.43. The van der Waals surface area contributed by atoms with Gasteiger partial charge in [0.2, 0.25) is 9.05 Å². The molecule has 0 aliphatic rings. The van der Waals surface area contributed by atoms with E-state index in [0.717, 1.165) is 12.1 Å². The van der Waals surface area contributed by atoms with Gasteiger partial charge in [-0.2, -0.15) is 26.3 Å². The molecule has 1 rings (SSSR count). The predicted molar refractivity (Wildman–Crippen MR) is 59.8 cm³/mol. The highest BCUT2D eigenvalue weighted by Gasteiger charge is 2.57. The third-order valence-corrected chi connectivity index (χ3v) is 3.31. The second kappa shape index (κ2) is 5.44. The van der Waals surface area contributed by atoms with Crippen molar-refractivity contribution in [3.63, 3.8) is 0 Å². The van der Waals surface area contributed by atoms with E-state index in [0.29, 0.717) is 12.1 Å². The fourth-order valence-electron chi connectivity index (χ4n) is 1.57. The van der Waals surface area contributed by atoms with Gasteiger partial charge in [0.1, 0.15) is 0 Å². The Labute approximate surface area is 114 Å². The predicted octanol–water partition coefficient (Wildman–Crippen LogP) is 3.96. The number of hydrogen-bond acceptors (Lipinski definition) is 2. The van der Waals surface area contributed by atoms with Gasteiger partial charge in [0.05, 0.1) is 5.75 Å². The maximum absolute atomic E-state index is 12.4. The third kappa shape index (κ3) is 4.86. The van der Waals surface area contributed by atoms with Crippen LogP contribution in [0, 0.1) is 0 Å². The molecule has 0 radical (unpaired) electrons. The van der Waals surface area contributed by atoms with Crippen LogP contribution in [-0.2, 0) is 14.8 Å². The Hall–Kier alpha value is -0.960. The maximum Gasteiger partial charge on any atom is 0.404 e. The molecule has 0 saturated carbocycles. The van der Waals surface area contributed by atoms with Crippen molar-refractivity contribution in [2.45, 2.75) is 24.0 Å². The highest BCUT2D eigenvalue weighted by molar-refractivity contribution is 8.13. The molecule has 2 nitrogen and oxygen atoms in total. The summed E-state index contributed by atoms with van der Waals surface area (Å²) in [5.41, 5.74) is -1.02. The highest BCUT2D eigenvalue weighted by Crippen LogP contribution is 2.46. The van der Waals surface area contributed by atoms with Gasteiger partial charge in [-0.25, -0.2) is 8.42 Å². The quantitative estimate of drug-likeness (QED) is 0.616. The molecule has 20 heavy (non-hydrogen) atoms. The molecule has 0 fully saturated rings. The van der Waals surface area contributed by atoms with E-state index in [1.807, 2.05) is 0 Å². The largest absolute Gasteiger partial charge is 0.404 e. The van der Waals surface area contributed by atoms with Crippen molar-refractivity contribution in [3.8, 4) is 0 Å². The molecule has 0 heterocycles. The third-order valence-electron chi connectivity index (χ3n) is 2.31. The summed E-state index contributed by atoms with van der Waals surface area (Å²) in [5, 5.41) is 0. The summed E-state index contributed by atoms with van der Waals surface area (Å²) in [6.45, 7) is 0. The van der Waals surface area contributed by atoms with Gasteiger partial charge >= 0.3 is 12.4 Å². The Morgan fingerprint density at radius 1 is 0.950 bits per heavy atom. The Morgan fingerprint density at radius 2 is 1.35 bits per heavy atom. The van der Waals surface area contributed by atoms with Crippen molar-refractivity contribution < 1.29 is 34.8 Å². The van der Waals surface area contributed by atoms with E-state index in [1.165, 1.54) is 0 Å². The molecule has 0 N–H and O–H groups in total. The molecule has 0 amide bonds. The fourth-order valence-corrected chi connectivity index (χ4v) is 2.54. The van der Waals surface area contributed by atoms with Crippen LogP contribution in [-0.4, -0.2) is 20.8 Å². The van der Waals surface area contributed by atoms with Crippen LogP contribution in [0.3, 0.4) is 0 Å². The summed E-state index contributed by atoms with van der Waals surface area (Å²) in [5.74, 6) is -4.30. The van der Waals surface area contributed by atoms with E-state index in [9.17, 15) is 34.8 Å². The summed E-state index contributed by atoms with van der Waals surface area (Å²) in [6, 6.07) is 2.89. The van der Waals surface area contributed by atoms with Crippen LogP contribution in [0.5, 0.6) is 0 Å². The number of alkyl halides is 6. The first kappa shape index (κ1) is 17.1. The van der Waals surface area contributed by atoms with Crippen LogP contribution in [0.15, 0.2) is 24.3 Å². The van der Waals surface area contributed by atoms with Crippen molar-refractivity contribution in [2.24, 2.45) is 0 Å². The van der Waals surface area contributed by atoms with Gasteiger partial charge in [-0.1, -0.05) is 24.3 Å². The standard InChI is InChI=1S/C10H7ClF6O2S/c11-20(18,19)5-6-1-3-7(4-2-6)8(9(12,13)14)10(15,16)17/h1-4,8H,5H2. The second-order valence-corrected chi connectivity index (χ2v) is 6.72. The molecule has 0 spiro atoms. The van der Waals surface area contributed by atoms with E-state index in [1.54, 1.807) is 0 Å². The summed E-state index contributed by atoms with van der Waals surface area (Å²) in [4.78, 5) is 0. The van der Waals surface area contributed by atoms with E-state index in [-0.39, 0.29) is 5.56 Å². The van der Waals surface area contributed by atoms with Crippen molar-refractivity contribution in [1.82, 2.24) is 0 Å². The smallest absolute Gasteiger partial charge is 0.212 e. The summed E-state index contributed by atoms with van der Waals surface area (Å²) in [7, 11) is 0.988. The van der Waals surface area contributed by atoms with Crippen LogP contribution in [0.4, 0.5) is 26.3 Å². The molecule has 0 unspecified atom stereocenters. The maximum atomic E-state index is 12.4. The highest BCUT2D eigenvalue weighted by atomic mass is 35.7. The minimum Gasteiger partial charge on any atom is -0.212 e. The average molecular weight is 341 g/mol. The zero-order chi connectivity index (χ0) is 15.8. The van der Waals surface area contributed by atoms with Gasteiger partial charge in [0.25, 0.3) is 0 Å². The Balaban J connectivity index is 3.13. The SMILES string of the molecule is O=S(=O)(Cl)Cc1ccc(C(C(F)(F)F)C(F)(F)F)cc1. The molecular weight excluding hydrogens is 334 g/mol. The molecule has 0 aromatic heterocycles. The van der Waals surface area contributed by atoms with Crippen molar-refractivity contribution >= 4 is 19.7 Å².